The van der Waals surface area contributed by atoms with Gasteiger partial charge in [-0.05, 0) is 0 Å². The molecule has 6 heteroatoms. The largest absolute Gasteiger partial charge is 0.481 e. The smallest absolute Gasteiger partial charge is 0.312 e. The minimum atomic E-state index is -1.53. The molecule has 1 aliphatic carbocycles. The van der Waals surface area contributed by atoms with Crippen LogP contribution in [-0.4, -0.2) is 55.9 Å². The van der Waals surface area contributed by atoms with E-state index in [2.05, 4.69) is 0 Å². The molecular weight excluding hydrogens is 180 g/mol. The Labute approximate surface area is 74.1 Å². The van der Waals surface area contributed by atoms with Gasteiger partial charge in [-0.2, -0.15) is 0 Å². The highest BCUT2D eigenvalue weighted by atomic mass is 16.4. The van der Waals surface area contributed by atoms with Crippen LogP contribution in [0.5, 0.6) is 0 Å². The maximum atomic E-state index is 10.5. The van der Waals surface area contributed by atoms with E-state index in [1.807, 2.05) is 0 Å². The van der Waals surface area contributed by atoms with Crippen molar-refractivity contribution in [3.63, 3.8) is 0 Å². The molecule has 0 aromatic rings. The minimum absolute atomic E-state index is 0.216. The van der Waals surface area contributed by atoms with Crippen molar-refractivity contribution in [3.05, 3.63) is 0 Å². The van der Waals surface area contributed by atoms with E-state index in [0.717, 1.165) is 0 Å². The second kappa shape index (κ2) is 3.59. The van der Waals surface area contributed by atoms with Crippen molar-refractivity contribution in [1.29, 1.82) is 0 Å². The summed E-state index contributed by atoms with van der Waals surface area (Å²) in [6, 6.07) is 0. The summed E-state index contributed by atoms with van der Waals surface area (Å²) in [6.07, 6.45) is -5.89. The molecule has 13 heavy (non-hydrogen) atoms. The minimum Gasteiger partial charge on any atom is -0.481 e. The van der Waals surface area contributed by atoms with Gasteiger partial charge < -0.3 is 25.5 Å². The van der Waals surface area contributed by atoms with Crippen LogP contribution in [0.1, 0.15) is 6.42 Å². The average Bonchev–Trinajstić information content (AvgIpc) is 2.01. The van der Waals surface area contributed by atoms with Gasteiger partial charge in [0.15, 0.2) is 0 Å². The van der Waals surface area contributed by atoms with E-state index in [1.165, 1.54) is 0 Å². The number of rotatable bonds is 1. The number of aliphatic carboxylic acids is 1. The van der Waals surface area contributed by atoms with E-state index in [4.69, 9.17) is 15.3 Å². The summed E-state index contributed by atoms with van der Waals surface area (Å²) in [6.45, 7) is 0. The lowest BCUT2D eigenvalue weighted by Crippen LogP contribution is -2.55. The van der Waals surface area contributed by atoms with Crippen LogP contribution in [0.15, 0.2) is 0 Å². The molecule has 5 N–H and O–H groups in total. The molecule has 0 bridgehead atoms. The van der Waals surface area contributed by atoms with Gasteiger partial charge in [0.1, 0.15) is 5.92 Å². The molecule has 0 amide bonds. The Morgan fingerprint density at radius 2 is 1.38 bits per heavy atom. The van der Waals surface area contributed by atoms with E-state index >= 15 is 0 Å². The van der Waals surface area contributed by atoms with Crippen molar-refractivity contribution in [1.82, 2.24) is 0 Å². The summed E-state index contributed by atoms with van der Waals surface area (Å²) < 4.78 is 0. The van der Waals surface area contributed by atoms with Crippen LogP contribution < -0.4 is 0 Å². The standard InChI is InChI=1S/C7H12O6/c8-2-1-3(9)6(11)4(5(2)10)7(12)13/h2-6,8-11H,1H2,(H,12,13). The third-order valence-electron chi connectivity index (χ3n) is 2.29. The van der Waals surface area contributed by atoms with Crippen molar-refractivity contribution < 1.29 is 30.3 Å². The Morgan fingerprint density at radius 1 is 1.00 bits per heavy atom. The molecule has 0 aliphatic heterocycles. The number of carbonyl (C=O) groups is 1. The summed E-state index contributed by atoms with van der Waals surface area (Å²) in [5.41, 5.74) is 0. The predicted octanol–water partition coefficient (Wildman–Crippen LogP) is -2.47. The number of hydrogen-bond donors (Lipinski definition) is 5. The first-order valence-electron chi connectivity index (χ1n) is 3.90. The molecule has 1 aliphatic rings. The van der Waals surface area contributed by atoms with Gasteiger partial charge in [0.25, 0.3) is 0 Å². The SMILES string of the molecule is O=C(O)C1C(O)C(O)CC(O)C1O. The number of aliphatic hydroxyl groups excluding tert-OH is 4. The molecule has 0 heterocycles. The predicted molar refractivity (Wildman–Crippen MR) is 39.8 cm³/mol. The van der Waals surface area contributed by atoms with E-state index in [0.29, 0.717) is 0 Å². The van der Waals surface area contributed by atoms with Gasteiger partial charge >= 0.3 is 5.97 Å². The monoisotopic (exact) mass is 192 g/mol. The second-order valence-electron chi connectivity index (χ2n) is 3.22. The first-order valence-corrected chi connectivity index (χ1v) is 3.90. The van der Waals surface area contributed by atoms with Gasteiger partial charge in [-0.25, -0.2) is 0 Å². The molecule has 1 fully saturated rings. The molecule has 1 saturated carbocycles. The normalized spacial score (nSPS) is 46.0. The molecular formula is C7H12O6. The van der Waals surface area contributed by atoms with Gasteiger partial charge in [0.05, 0.1) is 24.4 Å². The quantitative estimate of drug-likeness (QED) is 0.314. The third-order valence-corrected chi connectivity index (χ3v) is 2.29. The van der Waals surface area contributed by atoms with Crippen LogP contribution in [0.3, 0.4) is 0 Å². The topological polar surface area (TPSA) is 118 Å². The van der Waals surface area contributed by atoms with E-state index in [1.54, 1.807) is 0 Å². The van der Waals surface area contributed by atoms with Crippen molar-refractivity contribution in [2.75, 3.05) is 0 Å². The van der Waals surface area contributed by atoms with Gasteiger partial charge in [-0.15, -0.1) is 0 Å². The fraction of sp³-hybridized carbons (Fsp3) is 0.857. The van der Waals surface area contributed by atoms with Crippen LogP contribution in [-0.2, 0) is 4.79 Å². The van der Waals surface area contributed by atoms with Gasteiger partial charge in [0.2, 0.25) is 0 Å². The molecule has 4 atom stereocenters. The summed E-state index contributed by atoms with van der Waals surface area (Å²) in [7, 11) is 0. The van der Waals surface area contributed by atoms with Gasteiger partial charge in [0, 0.05) is 6.42 Å². The summed E-state index contributed by atoms with van der Waals surface area (Å²) in [5.74, 6) is -2.96. The van der Waals surface area contributed by atoms with E-state index in [-0.39, 0.29) is 6.42 Å². The number of aliphatic hydroxyl groups is 4. The molecule has 6 nitrogen and oxygen atoms in total. The second-order valence-corrected chi connectivity index (χ2v) is 3.22. The van der Waals surface area contributed by atoms with Crippen LogP contribution in [0.25, 0.3) is 0 Å². The molecule has 0 spiro atoms. The summed E-state index contributed by atoms with van der Waals surface area (Å²) >= 11 is 0. The number of carboxylic acid groups (broad SMARTS) is 1. The van der Waals surface area contributed by atoms with E-state index in [9.17, 15) is 15.0 Å². The molecule has 0 saturated heterocycles. The molecule has 0 radical (unpaired) electrons. The van der Waals surface area contributed by atoms with Crippen molar-refractivity contribution in [2.45, 2.75) is 30.8 Å². The highest BCUT2D eigenvalue weighted by molar-refractivity contribution is 5.72. The third kappa shape index (κ3) is 1.80. The molecule has 4 unspecified atom stereocenters. The van der Waals surface area contributed by atoms with Crippen LogP contribution in [0, 0.1) is 5.92 Å². The maximum absolute atomic E-state index is 10.5. The van der Waals surface area contributed by atoms with Crippen molar-refractivity contribution in [3.8, 4) is 0 Å². The van der Waals surface area contributed by atoms with Gasteiger partial charge in [-0.3, -0.25) is 4.79 Å². The van der Waals surface area contributed by atoms with Crippen LogP contribution >= 0.6 is 0 Å². The fourth-order valence-electron chi connectivity index (χ4n) is 1.50. The molecule has 0 aromatic heterocycles. The highest BCUT2D eigenvalue weighted by Crippen LogP contribution is 2.26. The first-order chi connectivity index (χ1) is 5.95. The fourth-order valence-corrected chi connectivity index (χ4v) is 1.50. The molecule has 76 valence electrons. The maximum Gasteiger partial charge on any atom is 0.312 e. The summed E-state index contributed by atoms with van der Waals surface area (Å²) in [4.78, 5) is 10.5. The Bertz CT molecular complexity index is 191. The lowest BCUT2D eigenvalue weighted by molar-refractivity contribution is -0.178. The average molecular weight is 192 g/mol. The Balaban J connectivity index is 2.82. The summed E-state index contributed by atoms with van der Waals surface area (Å²) in [5, 5.41) is 45.2. The number of hydrogen-bond acceptors (Lipinski definition) is 5. The first kappa shape index (κ1) is 10.4. The number of carboxylic acids is 1. The van der Waals surface area contributed by atoms with Crippen LogP contribution in [0.2, 0.25) is 0 Å². The Hall–Kier alpha value is -0.690. The Morgan fingerprint density at radius 3 is 1.69 bits per heavy atom. The zero-order valence-corrected chi connectivity index (χ0v) is 6.74. The van der Waals surface area contributed by atoms with Crippen molar-refractivity contribution in [2.24, 2.45) is 5.92 Å². The zero-order valence-electron chi connectivity index (χ0n) is 6.74. The molecule has 1 rings (SSSR count). The molecule has 0 aromatic carbocycles. The van der Waals surface area contributed by atoms with Crippen LogP contribution in [0.4, 0.5) is 0 Å². The van der Waals surface area contributed by atoms with Crippen molar-refractivity contribution >= 4 is 5.97 Å². The highest BCUT2D eigenvalue weighted by Gasteiger charge is 2.46. The Kier molecular flexibility index (Phi) is 2.87. The van der Waals surface area contributed by atoms with E-state index < -0.39 is 36.3 Å². The van der Waals surface area contributed by atoms with Gasteiger partial charge in [-0.1, -0.05) is 0 Å². The lowest BCUT2D eigenvalue weighted by atomic mass is 9.80. The lowest BCUT2D eigenvalue weighted by Gasteiger charge is -2.36. The zero-order chi connectivity index (χ0) is 10.2.